The van der Waals surface area contributed by atoms with Gasteiger partial charge in [-0.05, 0) is 24.6 Å². The largest absolute Gasteiger partial charge is 0.497 e. The number of ether oxygens (including phenoxy) is 2. The van der Waals surface area contributed by atoms with Crippen LogP contribution in [0, 0.1) is 0 Å². The van der Waals surface area contributed by atoms with Crippen molar-refractivity contribution in [1.29, 1.82) is 0 Å². The zero-order valence-electron chi connectivity index (χ0n) is 9.43. The predicted molar refractivity (Wildman–Crippen MR) is 59.0 cm³/mol. The molecule has 0 aliphatic carbocycles. The molecule has 2 atom stereocenters. The first-order chi connectivity index (χ1) is 7.17. The Kier molecular flexibility index (Phi) is 4.59. The van der Waals surface area contributed by atoms with E-state index in [1.54, 1.807) is 14.2 Å². The molecule has 1 aromatic rings. The zero-order valence-corrected chi connectivity index (χ0v) is 9.43. The molecular formula is C12H18O3. The number of rotatable bonds is 5. The molecule has 1 aromatic carbocycles. The SMILES string of the molecule is COc1ccc(C(O)CC(C)OC)cc1. The van der Waals surface area contributed by atoms with Crippen molar-refractivity contribution in [2.75, 3.05) is 14.2 Å². The fourth-order valence-corrected chi connectivity index (χ4v) is 1.37. The molecule has 15 heavy (non-hydrogen) atoms. The molecule has 0 aromatic heterocycles. The maximum absolute atomic E-state index is 9.86. The van der Waals surface area contributed by atoms with E-state index in [2.05, 4.69) is 0 Å². The Labute approximate surface area is 90.6 Å². The summed E-state index contributed by atoms with van der Waals surface area (Å²) in [5.41, 5.74) is 0.889. The quantitative estimate of drug-likeness (QED) is 0.809. The Hall–Kier alpha value is -1.06. The molecule has 0 saturated heterocycles. The second kappa shape index (κ2) is 5.73. The first kappa shape index (κ1) is 12.0. The van der Waals surface area contributed by atoms with Crippen LogP contribution in [0.15, 0.2) is 24.3 Å². The number of benzene rings is 1. The molecule has 2 unspecified atom stereocenters. The minimum absolute atomic E-state index is 0.0575. The van der Waals surface area contributed by atoms with Gasteiger partial charge in [0.1, 0.15) is 5.75 Å². The van der Waals surface area contributed by atoms with Crippen LogP contribution in [0.5, 0.6) is 5.75 Å². The Morgan fingerprint density at radius 2 is 1.80 bits per heavy atom. The summed E-state index contributed by atoms with van der Waals surface area (Å²) >= 11 is 0. The number of aliphatic hydroxyl groups is 1. The van der Waals surface area contributed by atoms with Crippen LogP contribution in [-0.4, -0.2) is 25.4 Å². The predicted octanol–water partition coefficient (Wildman–Crippen LogP) is 2.15. The van der Waals surface area contributed by atoms with Crippen molar-refractivity contribution in [1.82, 2.24) is 0 Å². The van der Waals surface area contributed by atoms with Crippen LogP contribution in [-0.2, 0) is 4.74 Å². The summed E-state index contributed by atoms with van der Waals surface area (Å²) in [5, 5.41) is 9.86. The lowest BCUT2D eigenvalue weighted by Gasteiger charge is -2.15. The van der Waals surface area contributed by atoms with Crippen molar-refractivity contribution < 1.29 is 14.6 Å². The van der Waals surface area contributed by atoms with E-state index >= 15 is 0 Å². The van der Waals surface area contributed by atoms with Crippen LogP contribution in [0.4, 0.5) is 0 Å². The second-order valence-electron chi connectivity index (χ2n) is 3.57. The highest BCUT2D eigenvalue weighted by Crippen LogP contribution is 2.21. The number of hydrogen-bond donors (Lipinski definition) is 1. The van der Waals surface area contributed by atoms with Crippen molar-refractivity contribution in [3.8, 4) is 5.75 Å². The molecule has 84 valence electrons. The van der Waals surface area contributed by atoms with Crippen LogP contribution in [0.2, 0.25) is 0 Å². The van der Waals surface area contributed by atoms with Gasteiger partial charge in [0, 0.05) is 13.5 Å². The van der Waals surface area contributed by atoms with Gasteiger partial charge < -0.3 is 14.6 Å². The van der Waals surface area contributed by atoms with E-state index in [0.29, 0.717) is 6.42 Å². The smallest absolute Gasteiger partial charge is 0.118 e. The van der Waals surface area contributed by atoms with Crippen LogP contribution in [0.3, 0.4) is 0 Å². The van der Waals surface area contributed by atoms with Gasteiger partial charge in [-0.15, -0.1) is 0 Å². The van der Waals surface area contributed by atoms with Crippen LogP contribution in [0.1, 0.15) is 25.0 Å². The summed E-state index contributed by atoms with van der Waals surface area (Å²) < 4.78 is 10.1. The third kappa shape index (κ3) is 3.53. The van der Waals surface area contributed by atoms with Crippen LogP contribution >= 0.6 is 0 Å². The first-order valence-corrected chi connectivity index (χ1v) is 5.02. The van der Waals surface area contributed by atoms with Gasteiger partial charge in [0.2, 0.25) is 0 Å². The fraction of sp³-hybridized carbons (Fsp3) is 0.500. The first-order valence-electron chi connectivity index (χ1n) is 5.02. The van der Waals surface area contributed by atoms with E-state index in [9.17, 15) is 5.11 Å². The van der Waals surface area contributed by atoms with Crippen molar-refractivity contribution in [3.63, 3.8) is 0 Å². The summed E-state index contributed by atoms with van der Waals surface area (Å²) in [4.78, 5) is 0. The molecule has 0 saturated carbocycles. The maximum Gasteiger partial charge on any atom is 0.118 e. The van der Waals surface area contributed by atoms with E-state index in [-0.39, 0.29) is 6.10 Å². The third-order valence-corrected chi connectivity index (χ3v) is 2.46. The maximum atomic E-state index is 9.86. The number of methoxy groups -OCH3 is 2. The molecule has 0 bridgehead atoms. The highest BCUT2D eigenvalue weighted by atomic mass is 16.5. The highest BCUT2D eigenvalue weighted by Gasteiger charge is 2.11. The van der Waals surface area contributed by atoms with E-state index in [1.807, 2.05) is 31.2 Å². The van der Waals surface area contributed by atoms with E-state index < -0.39 is 6.10 Å². The van der Waals surface area contributed by atoms with E-state index in [4.69, 9.17) is 9.47 Å². The summed E-state index contributed by atoms with van der Waals surface area (Å²) in [7, 11) is 3.27. The molecule has 0 aliphatic heterocycles. The minimum atomic E-state index is -0.481. The van der Waals surface area contributed by atoms with E-state index in [1.165, 1.54) is 0 Å². The van der Waals surface area contributed by atoms with Crippen LogP contribution < -0.4 is 4.74 Å². The Bertz CT molecular complexity index is 281. The van der Waals surface area contributed by atoms with E-state index in [0.717, 1.165) is 11.3 Å². The molecule has 0 fully saturated rings. The zero-order chi connectivity index (χ0) is 11.3. The molecule has 0 heterocycles. The monoisotopic (exact) mass is 210 g/mol. The lowest BCUT2D eigenvalue weighted by molar-refractivity contribution is 0.0559. The van der Waals surface area contributed by atoms with Gasteiger partial charge in [-0.1, -0.05) is 12.1 Å². The Morgan fingerprint density at radius 3 is 2.27 bits per heavy atom. The highest BCUT2D eigenvalue weighted by molar-refractivity contribution is 5.28. The average molecular weight is 210 g/mol. The van der Waals surface area contributed by atoms with Gasteiger partial charge in [-0.2, -0.15) is 0 Å². The summed E-state index contributed by atoms with van der Waals surface area (Å²) in [5.74, 6) is 0.797. The van der Waals surface area contributed by atoms with Crippen molar-refractivity contribution >= 4 is 0 Å². The van der Waals surface area contributed by atoms with Crippen molar-refractivity contribution in [2.24, 2.45) is 0 Å². The number of hydrogen-bond acceptors (Lipinski definition) is 3. The van der Waals surface area contributed by atoms with Gasteiger partial charge in [0.15, 0.2) is 0 Å². The van der Waals surface area contributed by atoms with Crippen LogP contribution in [0.25, 0.3) is 0 Å². The third-order valence-electron chi connectivity index (χ3n) is 2.46. The molecule has 1 rings (SSSR count). The summed E-state index contributed by atoms with van der Waals surface area (Å²) in [6.07, 6.45) is 0.177. The Balaban J connectivity index is 2.61. The molecule has 3 heteroatoms. The molecule has 0 amide bonds. The molecule has 1 N–H and O–H groups in total. The molecule has 3 nitrogen and oxygen atoms in total. The normalized spacial score (nSPS) is 14.7. The fourth-order valence-electron chi connectivity index (χ4n) is 1.37. The van der Waals surface area contributed by atoms with Crippen molar-refractivity contribution in [3.05, 3.63) is 29.8 Å². The summed E-state index contributed by atoms with van der Waals surface area (Å²) in [6.45, 7) is 1.94. The standard InChI is InChI=1S/C12H18O3/c1-9(14-2)8-12(13)10-4-6-11(15-3)7-5-10/h4-7,9,12-13H,8H2,1-3H3. The lowest BCUT2D eigenvalue weighted by atomic mass is 10.0. The molecule has 0 aliphatic rings. The van der Waals surface area contributed by atoms with Gasteiger partial charge in [0.05, 0.1) is 19.3 Å². The number of aliphatic hydroxyl groups excluding tert-OH is 1. The molecular weight excluding hydrogens is 192 g/mol. The second-order valence-corrected chi connectivity index (χ2v) is 3.57. The average Bonchev–Trinajstić information content (AvgIpc) is 2.29. The van der Waals surface area contributed by atoms with Gasteiger partial charge >= 0.3 is 0 Å². The minimum Gasteiger partial charge on any atom is -0.497 e. The topological polar surface area (TPSA) is 38.7 Å². The lowest BCUT2D eigenvalue weighted by Crippen LogP contribution is -2.10. The molecule has 0 radical (unpaired) electrons. The summed E-state index contributed by atoms with van der Waals surface area (Å²) in [6, 6.07) is 7.42. The molecule has 0 spiro atoms. The van der Waals surface area contributed by atoms with Gasteiger partial charge in [-0.25, -0.2) is 0 Å². The van der Waals surface area contributed by atoms with Gasteiger partial charge in [-0.3, -0.25) is 0 Å². The van der Waals surface area contributed by atoms with Crippen molar-refractivity contribution in [2.45, 2.75) is 25.6 Å². The van der Waals surface area contributed by atoms with Gasteiger partial charge in [0.25, 0.3) is 0 Å². The Morgan fingerprint density at radius 1 is 1.20 bits per heavy atom.